The Kier molecular flexibility index (Phi) is 5.07. The molecular formula is C21H21N3O5S2. The molecule has 1 atom stereocenters. The van der Waals surface area contributed by atoms with E-state index in [-0.39, 0.29) is 24.1 Å². The largest absolute Gasteiger partial charge is 0.454 e. The normalized spacial score (nSPS) is 19.8. The Morgan fingerprint density at radius 2 is 1.90 bits per heavy atom. The summed E-state index contributed by atoms with van der Waals surface area (Å²) >= 11 is 1.39. The first-order valence-corrected chi connectivity index (χ1v) is 12.2. The van der Waals surface area contributed by atoms with Gasteiger partial charge in [-0.15, -0.1) is 0 Å². The Morgan fingerprint density at radius 1 is 1.16 bits per heavy atom. The molecule has 8 nitrogen and oxygen atoms in total. The van der Waals surface area contributed by atoms with Crippen molar-refractivity contribution < 1.29 is 22.7 Å². The Bertz CT molecular complexity index is 1330. The van der Waals surface area contributed by atoms with Crippen LogP contribution >= 0.6 is 11.3 Å². The van der Waals surface area contributed by atoms with Crippen molar-refractivity contribution in [3.05, 3.63) is 47.3 Å². The molecule has 5 rings (SSSR count). The van der Waals surface area contributed by atoms with Crippen LogP contribution in [0.15, 0.2) is 52.4 Å². The van der Waals surface area contributed by atoms with Crippen LogP contribution in [0.2, 0.25) is 0 Å². The van der Waals surface area contributed by atoms with Crippen LogP contribution in [0, 0.1) is 5.92 Å². The number of piperidine rings is 1. The van der Waals surface area contributed by atoms with E-state index in [1.54, 1.807) is 30.3 Å². The maximum absolute atomic E-state index is 13.0. The number of hydrogen-bond donors (Lipinski definition) is 0. The van der Waals surface area contributed by atoms with Crippen LogP contribution in [-0.4, -0.2) is 43.1 Å². The molecule has 10 heteroatoms. The van der Waals surface area contributed by atoms with Crippen LogP contribution < -0.4 is 14.3 Å². The van der Waals surface area contributed by atoms with Crippen molar-refractivity contribution in [2.45, 2.75) is 17.7 Å². The summed E-state index contributed by atoms with van der Waals surface area (Å²) in [7, 11) is -1.78. The average Bonchev–Trinajstić information content (AvgIpc) is 3.37. The fourth-order valence-electron chi connectivity index (χ4n) is 3.91. The minimum absolute atomic E-state index is 0.143. The summed E-state index contributed by atoms with van der Waals surface area (Å²) in [5.41, 5.74) is 0.901. The van der Waals surface area contributed by atoms with Gasteiger partial charge in [0.25, 0.3) is 5.91 Å². The number of amides is 1. The van der Waals surface area contributed by atoms with E-state index in [9.17, 15) is 13.2 Å². The Hall–Kier alpha value is -2.69. The van der Waals surface area contributed by atoms with E-state index in [2.05, 4.69) is 4.99 Å². The zero-order chi connectivity index (χ0) is 21.6. The SMILES string of the molecule is Cn1c(=NC(=O)C2CCCN(S(=O)(=O)c3ccccc3)C2)sc2cc3c(cc21)OCO3. The van der Waals surface area contributed by atoms with E-state index in [4.69, 9.17) is 9.47 Å². The molecule has 31 heavy (non-hydrogen) atoms. The van der Waals surface area contributed by atoms with Crippen molar-refractivity contribution in [2.24, 2.45) is 18.0 Å². The molecule has 162 valence electrons. The van der Waals surface area contributed by atoms with E-state index < -0.39 is 15.9 Å². The number of aryl methyl sites for hydroxylation is 1. The first-order chi connectivity index (χ1) is 14.9. The fourth-order valence-corrected chi connectivity index (χ4v) is 6.49. The second kappa shape index (κ2) is 7.77. The number of sulfonamides is 1. The van der Waals surface area contributed by atoms with Crippen LogP contribution in [0.1, 0.15) is 12.8 Å². The highest BCUT2D eigenvalue weighted by Gasteiger charge is 2.33. The maximum Gasteiger partial charge on any atom is 0.252 e. The smallest absolute Gasteiger partial charge is 0.252 e. The third-order valence-electron chi connectivity index (χ3n) is 5.62. The van der Waals surface area contributed by atoms with Crippen LogP contribution in [0.5, 0.6) is 11.5 Å². The number of fused-ring (bicyclic) bond motifs is 2. The molecule has 2 aromatic carbocycles. The molecule has 0 radical (unpaired) electrons. The number of thiazole rings is 1. The summed E-state index contributed by atoms with van der Waals surface area (Å²) in [6.45, 7) is 0.753. The average molecular weight is 460 g/mol. The van der Waals surface area contributed by atoms with Crippen molar-refractivity contribution in [3.8, 4) is 11.5 Å². The van der Waals surface area contributed by atoms with Crippen molar-refractivity contribution in [3.63, 3.8) is 0 Å². The van der Waals surface area contributed by atoms with Gasteiger partial charge >= 0.3 is 0 Å². The molecule has 3 aromatic rings. The minimum Gasteiger partial charge on any atom is -0.454 e. The third kappa shape index (κ3) is 3.64. The Balaban J connectivity index is 1.41. The molecule has 2 aliphatic rings. The highest BCUT2D eigenvalue weighted by atomic mass is 32.2. The summed E-state index contributed by atoms with van der Waals surface area (Å²) < 4.78 is 40.9. The molecule has 0 N–H and O–H groups in total. The van der Waals surface area contributed by atoms with Crippen LogP contribution in [0.3, 0.4) is 0 Å². The minimum atomic E-state index is -3.63. The van der Waals surface area contributed by atoms with Crippen molar-refractivity contribution in [1.82, 2.24) is 8.87 Å². The van der Waals surface area contributed by atoms with Gasteiger partial charge in [-0.3, -0.25) is 4.79 Å². The van der Waals surface area contributed by atoms with Crippen molar-refractivity contribution >= 4 is 37.5 Å². The Labute approximate surface area is 183 Å². The van der Waals surface area contributed by atoms with Gasteiger partial charge in [-0.25, -0.2) is 8.42 Å². The van der Waals surface area contributed by atoms with Gasteiger partial charge < -0.3 is 14.0 Å². The lowest BCUT2D eigenvalue weighted by molar-refractivity contribution is -0.122. The molecule has 0 spiro atoms. The number of hydrogen-bond acceptors (Lipinski definition) is 6. The van der Waals surface area contributed by atoms with E-state index >= 15 is 0 Å². The first kappa shape index (κ1) is 20.2. The van der Waals surface area contributed by atoms with Gasteiger partial charge in [-0.1, -0.05) is 29.5 Å². The standard InChI is InChI=1S/C21H21N3O5S2/c1-23-16-10-17-18(29-13-28-17)11-19(16)30-21(23)22-20(25)14-6-5-9-24(12-14)31(26,27)15-7-3-2-4-8-15/h2-4,7-8,10-11,14H,5-6,9,12-13H2,1H3. The number of ether oxygens (including phenoxy) is 2. The number of aromatic nitrogens is 1. The molecule has 0 saturated carbocycles. The highest BCUT2D eigenvalue weighted by molar-refractivity contribution is 7.89. The van der Waals surface area contributed by atoms with Crippen molar-refractivity contribution in [2.75, 3.05) is 19.9 Å². The molecule has 2 aliphatic heterocycles. The number of carbonyl (C=O) groups is 1. The monoisotopic (exact) mass is 459 g/mol. The molecule has 1 fully saturated rings. The zero-order valence-electron chi connectivity index (χ0n) is 16.9. The molecule has 3 heterocycles. The van der Waals surface area contributed by atoms with Crippen LogP contribution in [0.25, 0.3) is 10.2 Å². The molecular weight excluding hydrogens is 438 g/mol. The van der Waals surface area contributed by atoms with Gasteiger partial charge in [-0.05, 0) is 25.0 Å². The zero-order valence-corrected chi connectivity index (χ0v) is 18.5. The quantitative estimate of drug-likeness (QED) is 0.600. The summed E-state index contributed by atoms with van der Waals surface area (Å²) in [4.78, 5) is 18.1. The fraction of sp³-hybridized carbons (Fsp3) is 0.333. The summed E-state index contributed by atoms with van der Waals surface area (Å²) in [5.74, 6) is 0.596. The summed E-state index contributed by atoms with van der Waals surface area (Å²) in [6, 6.07) is 12.1. The first-order valence-electron chi connectivity index (χ1n) is 9.96. The van der Waals surface area contributed by atoms with E-state index in [1.807, 2.05) is 23.7 Å². The van der Waals surface area contributed by atoms with Crippen LogP contribution in [0.4, 0.5) is 0 Å². The molecule has 1 unspecified atom stereocenters. The molecule has 1 amide bonds. The summed E-state index contributed by atoms with van der Waals surface area (Å²) in [6.07, 6.45) is 1.24. The summed E-state index contributed by atoms with van der Waals surface area (Å²) in [5, 5.41) is 0. The Morgan fingerprint density at radius 3 is 2.68 bits per heavy atom. The lowest BCUT2D eigenvalue weighted by Crippen LogP contribution is -2.42. The van der Waals surface area contributed by atoms with Gasteiger partial charge in [-0.2, -0.15) is 9.30 Å². The lowest BCUT2D eigenvalue weighted by atomic mass is 9.99. The van der Waals surface area contributed by atoms with E-state index in [0.29, 0.717) is 35.7 Å². The third-order valence-corrected chi connectivity index (χ3v) is 8.60. The van der Waals surface area contributed by atoms with Crippen molar-refractivity contribution in [1.29, 1.82) is 0 Å². The second-order valence-electron chi connectivity index (χ2n) is 7.58. The number of nitrogens with zero attached hydrogens (tertiary/aromatic N) is 3. The van der Waals surface area contributed by atoms with E-state index in [0.717, 1.165) is 10.2 Å². The van der Waals surface area contributed by atoms with Gasteiger partial charge in [0.05, 0.1) is 21.0 Å². The molecule has 1 saturated heterocycles. The predicted molar refractivity (Wildman–Crippen MR) is 115 cm³/mol. The van der Waals surface area contributed by atoms with Gasteiger partial charge in [0.15, 0.2) is 16.3 Å². The van der Waals surface area contributed by atoms with E-state index in [1.165, 1.54) is 15.6 Å². The highest BCUT2D eigenvalue weighted by Crippen LogP contribution is 2.36. The van der Waals surface area contributed by atoms with Gasteiger partial charge in [0, 0.05) is 32.3 Å². The predicted octanol–water partition coefficient (Wildman–Crippen LogP) is 2.50. The lowest BCUT2D eigenvalue weighted by Gasteiger charge is -2.30. The number of rotatable bonds is 3. The number of benzene rings is 2. The number of carbonyl (C=O) groups excluding carboxylic acids is 1. The maximum atomic E-state index is 13.0. The molecule has 0 bridgehead atoms. The van der Waals surface area contributed by atoms with Gasteiger partial charge in [0.1, 0.15) is 0 Å². The second-order valence-corrected chi connectivity index (χ2v) is 10.5. The van der Waals surface area contributed by atoms with Gasteiger partial charge in [0.2, 0.25) is 16.8 Å². The molecule has 0 aliphatic carbocycles. The van der Waals surface area contributed by atoms with Crippen LogP contribution in [-0.2, 0) is 21.9 Å². The topological polar surface area (TPSA) is 90.2 Å². The molecule has 1 aromatic heterocycles.